The van der Waals surface area contributed by atoms with Gasteiger partial charge in [-0.3, -0.25) is 10.1 Å². The molecule has 1 amide bonds. The molecule has 1 aromatic carbocycles. The fourth-order valence-corrected chi connectivity index (χ4v) is 4.44. The molecule has 0 aliphatic carbocycles. The van der Waals surface area contributed by atoms with E-state index in [2.05, 4.69) is 29.4 Å². The zero-order valence-corrected chi connectivity index (χ0v) is 17.8. The molecule has 0 spiro atoms. The van der Waals surface area contributed by atoms with E-state index in [1.54, 1.807) is 23.9 Å². The van der Waals surface area contributed by atoms with Gasteiger partial charge in [-0.1, -0.05) is 73.0 Å². The summed E-state index contributed by atoms with van der Waals surface area (Å²) in [5.74, 6) is 1.06. The number of anilines is 1. The number of carbonyl (C=O) groups excluding carboxylic acids is 1. The van der Waals surface area contributed by atoms with Gasteiger partial charge in [-0.25, -0.2) is 0 Å². The van der Waals surface area contributed by atoms with E-state index in [9.17, 15) is 4.79 Å². The predicted molar refractivity (Wildman–Crippen MR) is 110 cm³/mol. The monoisotopic (exact) mass is 433 g/mol. The molecule has 0 aliphatic heterocycles. The number of benzene rings is 1. The van der Waals surface area contributed by atoms with E-state index in [0.29, 0.717) is 33.1 Å². The van der Waals surface area contributed by atoms with Gasteiger partial charge in [0.25, 0.3) is 5.91 Å². The minimum absolute atomic E-state index is 0.312. The molecule has 1 aromatic heterocycles. The van der Waals surface area contributed by atoms with Gasteiger partial charge >= 0.3 is 0 Å². The van der Waals surface area contributed by atoms with Crippen LogP contribution < -0.4 is 10.1 Å². The molecular weight excluding hydrogens is 413 g/mol. The lowest BCUT2D eigenvalue weighted by Gasteiger charge is -2.11. The first-order chi connectivity index (χ1) is 12.5. The minimum Gasteiger partial charge on any atom is -0.490 e. The van der Waals surface area contributed by atoms with E-state index < -0.39 is 0 Å². The van der Waals surface area contributed by atoms with Crippen LogP contribution in [0.4, 0.5) is 5.13 Å². The SMILES string of the molecule is CCCCOc1c(Cl)cc(C(=O)Nc2nnc(SCCCC)s2)cc1Cl. The molecule has 2 aromatic rings. The Morgan fingerprint density at radius 2 is 1.88 bits per heavy atom. The Morgan fingerprint density at radius 1 is 1.19 bits per heavy atom. The third-order valence-corrected chi connectivity index (χ3v) is 5.97. The second kappa shape index (κ2) is 11.0. The van der Waals surface area contributed by atoms with Crippen molar-refractivity contribution >= 4 is 57.3 Å². The summed E-state index contributed by atoms with van der Waals surface area (Å²) in [4.78, 5) is 12.4. The second-order valence-electron chi connectivity index (χ2n) is 5.50. The first-order valence-electron chi connectivity index (χ1n) is 8.44. The molecule has 0 radical (unpaired) electrons. The molecule has 1 heterocycles. The highest BCUT2D eigenvalue weighted by molar-refractivity contribution is 8.01. The summed E-state index contributed by atoms with van der Waals surface area (Å²) < 4.78 is 6.43. The fraction of sp³-hybridized carbons (Fsp3) is 0.471. The van der Waals surface area contributed by atoms with Crippen LogP contribution in [-0.2, 0) is 0 Å². The van der Waals surface area contributed by atoms with Crippen molar-refractivity contribution in [1.29, 1.82) is 0 Å². The summed E-state index contributed by atoms with van der Waals surface area (Å²) >= 11 is 15.4. The lowest BCUT2D eigenvalue weighted by molar-refractivity contribution is 0.102. The van der Waals surface area contributed by atoms with Crippen LogP contribution in [0.25, 0.3) is 0 Å². The van der Waals surface area contributed by atoms with Gasteiger partial charge in [0.15, 0.2) is 10.1 Å². The highest BCUT2D eigenvalue weighted by atomic mass is 35.5. The smallest absolute Gasteiger partial charge is 0.257 e. The van der Waals surface area contributed by atoms with Crippen molar-refractivity contribution < 1.29 is 9.53 Å². The lowest BCUT2D eigenvalue weighted by atomic mass is 10.2. The number of thioether (sulfide) groups is 1. The molecule has 0 saturated heterocycles. The Balaban J connectivity index is 2.01. The van der Waals surface area contributed by atoms with Crippen LogP contribution in [0.5, 0.6) is 5.75 Å². The van der Waals surface area contributed by atoms with Crippen molar-refractivity contribution in [3.8, 4) is 5.75 Å². The largest absolute Gasteiger partial charge is 0.490 e. The average molecular weight is 434 g/mol. The quantitative estimate of drug-likeness (QED) is 0.275. The average Bonchev–Trinajstić information content (AvgIpc) is 3.04. The summed E-state index contributed by atoms with van der Waals surface area (Å²) in [7, 11) is 0. The Bertz CT molecular complexity index is 718. The molecule has 0 saturated carbocycles. The van der Waals surface area contributed by atoms with Crippen molar-refractivity contribution in [2.45, 2.75) is 43.9 Å². The Kier molecular flexibility index (Phi) is 8.98. The van der Waals surface area contributed by atoms with E-state index in [-0.39, 0.29) is 5.91 Å². The van der Waals surface area contributed by atoms with E-state index in [1.165, 1.54) is 11.3 Å². The third kappa shape index (κ3) is 6.30. The van der Waals surface area contributed by atoms with Gasteiger partial charge in [0, 0.05) is 11.3 Å². The van der Waals surface area contributed by atoms with Crippen LogP contribution in [0.15, 0.2) is 16.5 Å². The molecular formula is C17H21Cl2N3O2S2. The highest BCUT2D eigenvalue weighted by Crippen LogP contribution is 2.35. The number of rotatable bonds is 10. The van der Waals surface area contributed by atoms with Crippen molar-refractivity contribution in [3.63, 3.8) is 0 Å². The minimum atomic E-state index is -0.338. The molecule has 1 N–H and O–H groups in total. The summed E-state index contributed by atoms with van der Waals surface area (Å²) in [6.07, 6.45) is 4.17. The first-order valence-corrected chi connectivity index (χ1v) is 11.0. The predicted octanol–water partition coefficient (Wildman–Crippen LogP) is 6.17. The number of nitrogens with one attached hydrogen (secondary N) is 1. The summed E-state index contributed by atoms with van der Waals surface area (Å²) in [5.41, 5.74) is 0.346. The summed E-state index contributed by atoms with van der Waals surface area (Å²) in [5, 5.41) is 11.9. The van der Waals surface area contributed by atoms with Crippen molar-refractivity contribution in [2.24, 2.45) is 0 Å². The fourth-order valence-electron chi connectivity index (χ4n) is 1.94. The molecule has 142 valence electrons. The maximum atomic E-state index is 12.4. The summed E-state index contributed by atoms with van der Waals surface area (Å²) in [6.45, 7) is 4.74. The number of unbranched alkanes of at least 4 members (excludes halogenated alkanes) is 2. The standard InChI is InChI=1S/C17H21Cl2N3O2S2/c1-3-5-7-24-14-12(18)9-11(10-13(14)19)15(23)20-16-21-22-17(26-16)25-8-6-4-2/h9-10H,3-8H2,1-2H3,(H,20,21,23). The van der Waals surface area contributed by atoms with Gasteiger partial charge in [-0.05, 0) is 25.0 Å². The number of hydrogen-bond acceptors (Lipinski definition) is 6. The second-order valence-corrected chi connectivity index (χ2v) is 8.63. The maximum Gasteiger partial charge on any atom is 0.257 e. The molecule has 2 rings (SSSR count). The molecule has 9 heteroatoms. The van der Waals surface area contributed by atoms with Crippen LogP contribution in [0.1, 0.15) is 49.9 Å². The number of ether oxygens (including phenoxy) is 1. The van der Waals surface area contributed by atoms with Gasteiger partial charge in [-0.2, -0.15) is 0 Å². The van der Waals surface area contributed by atoms with E-state index in [4.69, 9.17) is 27.9 Å². The number of nitrogens with zero attached hydrogens (tertiary/aromatic N) is 2. The highest BCUT2D eigenvalue weighted by Gasteiger charge is 2.16. The van der Waals surface area contributed by atoms with Crippen LogP contribution in [-0.4, -0.2) is 28.5 Å². The van der Waals surface area contributed by atoms with E-state index in [0.717, 1.165) is 35.8 Å². The number of halogens is 2. The normalized spacial score (nSPS) is 10.8. The van der Waals surface area contributed by atoms with Gasteiger partial charge in [0.2, 0.25) is 5.13 Å². The Hall–Kier alpha value is -1.02. The Labute approximate surface area is 171 Å². The van der Waals surface area contributed by atoms with Crippen molar-refractivity contribution in [1.82, 2.24) is 10.2 Å². The molecule has 0 atom stereocenters. The zero-order chi connectivity index (χ0) is 18.9. The van der Waals surface area contributed by atoms with E-state index >= 15 is 0 Å². The van der Waals surface area contributed by atoms with Gasteiger partial charge in [0.1, 0.15) is 0 Å². The van der Waals surface area contributed by atoms with Crippen LogP contribution in [0.2, 0.25) is 10.0 Å². The van der Waals surface area contributed by atoms with Crippen molar-refractivity contribution in [3.05, 3.63) is 27.7 Å². The maximum absolute atomic E-state index is 12.4. The van der Waals surface area contributed by atoms with E-state index in [1.807, 2.05) is 0 Å². The van der Waals surface area contributed by atoms with Gasteiger partial charge < -0.3 is 4.74 Å². The topological polar surface area (TPSA) is 64.1 Å². The number of amides is 1. The van der Waals surface area contributed by atoms with Crippen LogP contribution in [0.3, 0.4) is 0 Å². The number of aromatic nitrogens is 2. The first kappa shape index (κ1) is 21.3. The third-order valence-electron chi connectivity index (χ3n) is 3.36. The number of hydrogen-bond donors (Lipinski definition) is 1. The molecule has 0 fully saturated rings. The summed E-state index contributed by atoms with van der Waals surface area (Å²) in [6, 6.07) is 3.09. The van der Waals surface area contributed by atoms with Crippen LogP contribution >= 0.6 is 46.3 Å². The molecule has 0 aliphatic rings. The van der Waals surface area contributed by atoms with Gasteiger partial charge in [-0.15, -0.1) is 10.2 Å². The lowest BCUT2D eigenvalue weighted by Crippen LogP contribution is -2.12. The molecule has 0 bridgehead atoms. The molecule has 26 heavy (non-hydrogen) atoms. The van der Waals surface area contributed by atoms with Crippen LogP contribution in [0, 0.1) is 0 Å². The number of carbonyl (C=O) groups is 1. The van der Waals surface area contributed by atoms with Gasteiger partial charge in [0.05, 0.1) is 16.7 Å². The molecule has 5 nitrogen and oxygen atoms in total. The van der Waals surface area contributed by atoms with Crippen molar-refractivity contribution in [2.75, 3.05) is 17.7 Å². The zero-order valence-electron chi connectivity index (χ0n) is 14.7. The molecule has 0 unspecified atom stereocenters. The Morgan fingerprint density at radius 3 is 2.54 bits per heavy atom.